The van der Waals surface area contributed by atoms with Crippen LogP contribution in [0.1, 0.15) is 41.2 Å². The summed E-state index contributed by atoms with van der Waals surface area (Å²) in [5.41, 5.74) is 2.64. The summed E-state index contributed by atoms with van der Waals surface area (Å²) >= 11 is 1.45. The van der Waals surface area contributed by atoms with Gasteiger partial charge in [-0.2, -0.15) is 0 Å². The Labute approximate surface area is 174 Å². The molecule has 0 aliphatic rings. The van der Waals surface area contributed by atoms with Crippen molar-refractivity contribution in [3.05, 3.63) is 65.0 Å². The number of ketones is 1. The van der Waals surface area contributed by atoms with Crippen LogP contribution in [-0.4, -0.2) is 34.4 Å². The molecule has 152 valence electrons. The van der Waals surface area contributed by atoms with E-state index >= 15 is 0 Å². The Bertz CT molecular complexity index is 986. The maximum atomic E-state index is 11.7. The monoisotopic (exact) mass is 412 g/mol. The Kier molecular flexibility index (Phi) is 6.77. The highest BCUT2D eigenvalue weighted by molar-refractivity contribution is 7.98. The van der Waals surface area contributed by atoms with Gasteiger partial charge in [0.1, 0.15) is 11.5 Å². The summed E-state index contributed by atoms with van der Waals surface area (Å²) in [5.74, 6) is 9.01. The fourth-order valence-corrected chi connectivity index (χ4v) is 3.66. The summed E-state index contributed by atoms with van der Waals surface area (Å²) in [7, 11) is 1.64. The van der Waals surface area contributed by atoms with Crippen molar-refractivity contribution in [3.8, 4) is 11.5 Å². The molecule has 0 saturated carbocycles. The zero-order chi connectivity index (χ0) is 20.8. The van der Waals surface area contributed by atoms with Crippen LogP contribution in [-0.2, 0) is 12.2 Å². The van der Waals surface area contributed by atoms with E-state index in [1.54, 1.807) is 20.1 Å². The zero-order valence-corrected chi connectivity index (χ0v) is 17.5. The molecule has 0 aliphatic carbocycles. The summed E-state index contributed by atoms with van der Waals surface area (Å²) in [6, 6.07) is 13.2. The van der Waals surface area contributed by atoms with Crippen molar-refractivity contribution >= 4 is 17.5 Å². The van der Waals surface area contributed by atoms with Gasteiger partial charge in [-0.3, -0.25) is 4.79 Å². The van der Waals surface area contributed by atoms with E-state index < -0.39 is 0 Å². The van der Waals surface area contributed by atoms with E-state index in [-0.39, 0.29) is 5.78 Å². The largest absolute Gasteiger partial charge is 0.497 e. The lowest BCUT2D eigenvalue weighted by molar-refractivity contribution is 0.101. The molecule has 0 unspecified atom stereocenters. The summed E-state index contributed by atoms with van der Waals surface area (Å²) in [4.78, 5) is 11.7. The molecule has 0 bridgehead atoms. The first-order valence-electron chi connectivity index (χ1n) is 9.23. The molecule has 0 fully saturated rings. The van der Waals surface area contributed by atoms with Gasteiger partial charge in [0, 0.05) is 23.3 Å². The minimum absolute atomic E-state index is 0.0167. The van der Waals surface area contributed by atoms with Crippen molar-refractivity contribution in [2.24, 2.45) is 0 Å². The number of aromatic nitrogens is 3. The van der Waals surface area contributed by atoms with Gasteiger partial charge < -0.3 is 15.3 Å². The molecular weight excluding hydrogens is 388 g/mol. The van der Waals surface area contributed by atoms with E-state index in [9.17, 15) is 4.79 Å². The Morgan fingerprint density at radius 1 is 1.17 bits per heavy atom. The topological polar surface area (TPSA) is 92.3 Å². The molecule has 8 heteroatoms. The molecule has 3 aromatic rings. The molecule has 0 radical (unpaired) electrons. The quantitative estimate of drug-likeness (QED) is 0.327. The van der Waals surface area contributed by atoms with Gasteiger partial charge in [0.25, 0.3) is 0 Å². The fraction of sp³-hybridized carbons (Fsp3) is 0.286. The first kappa shape index (κ1) is 20.7. The number of hydrogen-bond donors (Lipinski definition) is 1. The van der Waals surface area contributed by atoms with E-state index in [4.69, 9.17) is 15.3 Å². The van der Waals surface area contributed by atoms with Crippen molar-refractivity contribution in [2.45, 2.75) is 31.2 Å². The van der Waals surface area contributed by atoms with Crippen LogP contribution in [0.3, 0.4) is 0 Å². The van der Waals surface area contributed by atoms with Gasteiger partial charge in [-0.05, 0) is 49.7 Å². The molecule has 2 N–H and O–H groups in total. The standard InChI is InChI=1S/C21H24N4O3S/c1-4-28-19-10-7-16(14(2)26)12-17(19)13-29-21-24-23-20(25(21)22)11-15-5-8-18(27-3)9-6-15/h5-10,12H,4,11,13,22H2,1-3H3. The van der Waals surface area contributed by atoms with Crippen LogP contribution < -0.4 is 15.3 Å². The number of nitrogens with zero attached hydrogens (tertiary/aromatic N) is 3. The van der Waals surface area contributed by atoms with Gasteiger partial charge in [-0.1, -0.05) is 23.9 Å². The number of Topliss-reactive ketones (excluding diaryl/α,β-unsaturated/α-hetero) is 1. The SMILES string of the molecule is CCOc1ccc(C(C)=O)cc1CSc1nnc(Cc2ccc(OC)cc2)n1N. The average Bonchev–Trinajstić information content (AvgIpc) is 3.07. The van der Waals surface area contributed by atoms with E-state index in [0.717, 1.165) is 22.6 Å². The third-order valence-corrected chi connectivity index (χ3v) is 5.37. The Morgan fingerprint density at radius 3 is 2.59 bits per heavy atom. The lowest BCUT2D eigenvalue weighted by Crippen LogP contribution is -2.14. The number of hydrogen-bond acceptors (Lipinski definition) is 7. The second-order valence-electron chi connectivity index (χ2n) is 6.39. The highest BCUT2D eigenvalue weighted by Crippen LogP contribution is 2.28. The second kappa shape index (κ2) is 9.47. The number of benzene rings is 2. The van der Waals surface area contributed by atoms with Crippen LogP contribution in [0.5, 0.6) is 11.5 Å². The highest BCUT2D eigenvalue weighted by atomic mass is 32.2. The van der Waals surface area contributed by atoms with Crippen molar-refractivity contribution in [1.29, 1.82) is 0 Å². The number of methoxy groups -OCH3 is 1. The van der Waals surface area contributed by atoms with E-state index in [2.05, 4.69) is 10.2 Å². The van der Waals surface area contributed by atoms with Crippen LogP contribution in [0, 0.1) is 0 Å². The number of thioether (sulfide) groups is 1. The Hall–Kier alpha value is -3.00. The predicted molar refractivity (Wildman–Crippen MR) is 113 cm³/mol. The van der Waals surface area contributed by atoms with E-state index in [0.29, 0.717) is 35.3 Å². The minimum Gasteiger partial charge on any atom is -0.497 e. The predicted octanol–water partition coefficient (Wildman–Crippen LogP) is 3.48. The lowest BCUT2D eigenvalue weighted by Gasteiger charge is -2.11. The van der Waals surface area contributed by atoms with Crippen molar-refractivity contribution in [3.63, 3.8) is 0 Å². The molecule has 7 nitrogen and oxygen atoms in total. The number of carbonyl (C=O) groups excluding carboxylic acids is 1. The molecule has 2 aromatic carbocycles. The number of nitrogens with two attached hydrogens (primary N) is 1. The molecule has 29 heavy (non-hydrogen) atoms. The molecule has 0 aliphatic heterocycles. The number of nitrogen functional groups attached to an aromatic ring is 1. The average molecular weight is 413 g/mol. The zero-order valence-electron chi connectivity index (χ0n) is 16.7. The molecule has 1 heterocycles. The van der Waals surface area contributed by atoms with Crippen LogP contribution in [0.15, 0.2) is 47.6 Å². The maximum Gasteiger partial charge on any atom is 0.210 e. The van der Waals surface area contributed by atoms with Crippen molar-refractivity contribution in [1.82, 2.24) is 14.9 Å². The number of carbonyl (C=O) groups is 1. The first-order chi connectivity index (χ1) is 14.0. The molecular formula is C21H24N4O3S. The van der Waals surface area contributed by atoms with Crippen molar-refractivity contribution < 1.29 is 14.3 Å². The van der Waals surface area contributed by atoms with Crippen LogP contribution in [0.2, 0.25) is 0 Å². The molecule has 0 amide bonds. The number of ether oxygens (including phenoxy) is 2. The summed E-state index contributed by atoms with van der Waals surface area (Å²) in [6.45, 7) is 4.03. The first-order valence-corrected chi connectivity index (χ1v) is 10.2. The van der Waals surface area contributed by atoms with Crippen LogP contribution in [0.4, 0.5) is 0 Å². The molecule has 0 saturated heterocycles. The third-order valence-electron chi connectivity index (χ3n) is 4.38. The van der Waals surface area contributed by atoms with Crippen LogP contribution in [0.25, 0.3) is 0 Å². The summed E-state index contributed by atoms with van der Waals surface area (Å²) in [6.07, 6.45) is 0.568. The molecule has 1 aromatic heterocycles. The molecule has 3 rings (SSSR count). The fourth-order valence-electron chi connectivity index (χ4n) is 2.80. The van der Waals surface area contributed by atoms with Crippen LogP contribution >= 0.6 is 11.8 Å². The van der Waals surface area contributed by atoms with Gasteiger partial charge in [-0.15, -0.1) is 10.2 Å². The second-order valence-corrected chi connectivity index (χ2v) is 7.34. The molecule has 0 spiro atoms. The van der Waals surface area contributed by atoms with Gasteiger partial charge in [0.15, 0.2) is 11.6 Å². The van der Waals surface area contributed by atoms with Gasteiger partial charge in [-0.25, -0.2) is 4.68 Å². The highest BCUT2D eigenvalue weighted by Gasteiger charge is 2.14. The molecule has 0 atom stereocenters. The maximum absolute atomic E-state index is 11.7. The Morgan fingerprint density at radius 2 is 1.93 bits per heavy atom. The van der Waals surface area contributed by atoms with Crippen molar-refractivity contribution in [2.75, 3.05) is 19.6 Å². The third kappa shape index (κ3) is 5.08. The van der Waals surface area contributed by atoms with E-state index in [1.807, 2.05) is 43.3 Å². The Balaban J connectivity index is 1.73. The minimum atomic E-state index is 0.0167. The summed E-state index contributed by atoms with van der Waals surface area (Å²) < 4.78 is 12.4. The smallest absolute Gasteiger partial charge is 0.210 e. The van der Waals surface area contributed by atoms with Gasteiger partial charge >= 0.3 is 0 Å². The number of rotatable bonds is 9. The summed E-state index contributed by atoms with van der Waals surface area (Å²) in [5, 5.41) is 9.03. The van der Waals surface area contributed by atoms with Gasteiger partial charge in [0.2, 0.25) is 5.16 Å². The van der Waals surface area contributed by atoms with E-state index in [1.165, 1.54) is 16.4 Å². The van der Waals surface area contributed by atoms with Gasteiger partial charge in [0.05, 0.1) is 13.7 Å². The lowest BCUT2D eigenvalue weighted by atomic mass is 10.1. The normalized spacial score (nSPS) is 10.7.